The first kappa shape index (κ1) is 24.1. The molecule has 1 amide bonds. The van der Waals surface area contributed by atoms with E-state index < -0.39 is 4.92 Å². The second-order valence-electron chi connectivity index (χ2n) is 7.09. The van der Waals surface area contributed by atoms with Crippen molar-refractivity contribution in [1.29, 1.82) is 0 Å². The van der Waals surface area contributed by atoms with Crippen LogP contribution >= 0.6 is 0 Å². The van der Waals surface area contributed by atoms with E-state index in [9.17, 15) is 14.9 Å². The van der Waals surface area contributed by atoms with Crippen molar-refractivity contribution in [1.82, 2.24) is 0 Å². The zero-order valence-corrected chi connectivity index (χ0v) is 19.0. The van der Waals surface area contributed by atoms with Gasteiger partial charge in [-0.1, -0.05) is 36.4 Å². The van der Waals surface area contributed by atoms with Crippen molar-refractivity contribution in [3.63, 3.8) is 0 Å². The van der Waals surface area contributed by atoms with E-state index in [1.54, 1.807) is 45.6 Å². The summed E-state index contributed by atoms with van der Waals surface area (Å²) in [7, 11) is 4.69. The van der Waals surface area contributed by atoms with E-state index in [2.05, 4.69) is 5.32 Å². The smallest absolute Gasteiger partial charge is 0.270 e. The minimum absolute atomic E-state index is 0.0299. The molecule has 8 nitrogen and oxygen atoms in total. The van der Waals surface area contributed by atoms with Crippen LogP contribution in [0.3, 0.4) is 0 Å². The number of hydrogen-bond donors (Lipinski definition) is 1. The molecule has 0 aliphatic rings. The molecule has 3 aromatic rings. The summed E-state index contributed by atoms with van der Waals surface area (Å²) in [6.45, 7) is 0. The molecule has 8 heteroatoms. The van der Waals surface area contributed by atoms with Crippen molar-refractivity contribution >= 4 is 35.5 Å². The molecule has 174 valence electrons. The topological polar surface area (TPSA) is 99.9 Å². The summed E-state index contributed by atoms with van der Waals surface area (Å²) in [5.41, 5.74) is 2.96. The third kappa shape index (κ3) is 6.23. The molecule has 0 aromatic heterocycles. The summed E-state index contributed by atoms with van der Waals surface area (Å²) in [5, 5.41) is 13.6. The van der Waals surface area contributed by atoms with E-state index in [4.69, 9.17) is 14.2 Å². The fourth-order valence-electron chi connectivity index (χ4n) is 3.17. The highest BCUT2D eigenvalue weighted by Crippen LogP contribution is 2.38. The number of nitrogens with zero attached hydrogens (tertiary/aromatic N) is 1. The first-order valence-corrected chi connectivity index (χ1v) is 10.2. The van der Waals surface area contributed by atoms with Crippen LogP contribution < -0.4 is 19.5 Å². The van der Waals surface area contributed by atoms with E-state index in [1.807, 2.05) is 36.4 Å². The average Bonchev–Trinajstić information content (AvgIpc) is 2.86. The van der Waals surface area contributed by atoms with Gasteiger partial charge in [0.1, 0.15) is 0 Å². The van der Waals surface area contributed by atoms with Gasteiger partial charge < -0.3 is 19.5 Å². The molecular formula is C26H24N2O6. The number of nitrogens with one attached hydrogen (secondary N) is 1. The van der Waals surface area contributed by atoms with Gasteiger partial charge in [-0.05, 0) is 47.0 Å². The molecule has 0 fully saturated rings. The maximum Gasteiger partial charge on any atom is 0.270 e. The number of nitro groups is 1. The van der Waals surface area contributed by atoms with Gasteiger partial charge in [0.2, 0.25) is 11.7 Å². The summed E-state index contributed by atoms with van der Waals surface area (Å²) in [5.74, 6) is 1.32. The number of non-ortho nitro benzene ring substituents is 1. The lowest BCUT2D eigenvalue weighted by Gasteiger charge is -2.12. The summed E-state index contributed by atoms with van der Waals surface area (Å²) in [6.07, 6.45) is 6.70. The Labute approximate surface area is 197 Å². The molecule has 0 aliphatic carbocycles. The zero-order valence-electron chi connectivity index (χ0n) is 19.0. The summed E-state index contributed by atoms with van der Waals surface area (Å²) >= 11 is 0. The molecule has 1 N–H and O–H groups in total. The number of ether oxygens (including phenoxy) is 3. The van der Waals surface area contributed by atoms with Crippen molar-refractivity contribution in [3.8, 4) is 17.2 Å². The maximum absolute atomic E-state index is 12.2. The standard InChI is InChI=1S/C26H24N2O6/c1-32-23-16-20(17-24(33-2)26(23)34-3)8-7-18-9-12-21(13-10-18)27-25(29)14-11-19-5-4-6-22(15-19)28(30)31/h4-17H,1-3H3,(H,27,29)/b8-7+,14-11+. The molecule has 0 heterocycles. The third-order valence-electron chi connectivity index (χ3n) is 4.84. The predicted molar refractivity (Wildman–Crippen MR) is 132 cm³/mol. The minimum Gasteiger partial charge on any atom is -0.493 e. The largest absolute Gasteiger partial charge is 0.493 e. The number of hydrogen-bond acceptors (Lipinski definition) is 6. The molecular weight excluding hydrogens is 436 g/mol. The van der Waals surface area contributed by atoms with Crippen molar-refractivity contribution < 1.29 is 23.9 Å². The van der Waals surface area contributed by atoms with Crippen LogP contribution in [-0.4, -0.2) is 32.2 Å². The van der Waals surface area contributed by atoms with Crippen LogP contribution in [0.25, 0.3) is 18.2 Å². The zero-order chi connectivity index (χ0) is 24.5. The lowest BCUT2D eigenvalue weighted by molar-refractivity contribution is -0.384. The molecule has 0 radical (unpaired) electrons. The lowest BCUT2D eigenvalue weighted by atomic mass is 10.1. The van der Waals surface area contributed by atoms with Crippen LogP contribution in [0, 0.1) is 10.1 Å². The monoisotopic (exact) mass is 460 g/mol. The van der Waals surface area contributed by atoms with Crippen molar-refractivity contribution in [2.24, 2.45) is 0 Å². The Kier molecular flexibility index (Phi) is 8.02. The molecule has 0 saturated carbocycles. The molecule has 0 aliphatic heterocycles. The number of rotatable bonds is 9. The highest BCUT2D eigenvalue weighted by Gasteiger charge is 2.12. The van der Waals surface area contributed by atoms with E-state index in [0.717, 1.165) is 11.1 Å². The Balaban J connectivity index is 1.65. The van der Waals surface area contributed by atoms with Gasteiger partial charge >= 0.3 is 0 Å². The lowest BCUT2D eigenvalue weighted by Crippen LogP contribution is -2.07. The Hall–Kier alpha value is -4.59. The molecule has 0 spiro atoms. The third-order valence-corrected chi connectivity index (χ3v) is 4.84. The van der Waals surface area contributed by atoms with Gasteiger partial charge in [0.25, 0.3) is 5.69 Å². The van der Waals surface area contributed by atoms with E-state index >= 15 is 0 Å². The fraction of sp³-hybridized carbons (Fsp3) is 0.115. The number of carbonyl (C=O) groups is 1. The number of nitro benzene ring substituents is 1. The van der Waals surface area contributed by atoms with Gasteiger partial charge in [0, 0.05) is 23.9 Å². The number of methoxy groups -OCH3 is 3. The Morgan fingerprint density at radius 1 is 0.824 bits per heavy atom. The molecule has 34 heavy (non-hydrogen) atoms. The van der Waals surface area contributed by atoms with Crippen LogP contribution in [-0.2, 0) is 4.79 Å². The molecule has 0 unspecified atom stereocenters. The summed E-state index contributed by atoms with van der Waals surface area (Å²) in [6, 6.07) is 17.1. The van der Waals surface area contributed by atoms with Crippen molar-refractivity contribution in [2.75, 3.05) is 26.6 Å². The number of amides is 1. The molecule has 0 saturated heterocycles. The van der Waals surface area contributed by atoms with Crippen LogP contribution in [0.2, 0.25) is 0 Å². The van der Waals surface area contributed by atoms with Gasteiger partial charge in [-0.15, -0.1) is 0 Å². The van der Waals surface area contributed by atoms with Gasteiger partial charge in [-0.25, -0.2) is 0 Å². The first-order valence-electron chi connectivity index (χ1n) is 10.2. The number of benzene rings is 3. The van der Waals surface area contributed by atoms with E-state index in [-0.39, 0.29) is 11.6 Å². The first-order chi connectivity index (χ1) is 16.4. The Bertz CT molecular complexity index is 1210. The van der Waals surface area contributed by atoms with Crippen LogP contribution in [0.5, 0.6) is 17.2 Å². The Morgan fingerprint density at radius 2 is 1.47 bits per heavy atom. The van der Waals surface area contributed by atoms with Crippen molar-refractivity contribution in [2.45, 2.75) is 0 Å². The normalized spacial score (nSPS) is 10.9. The maximum atomic E-state index is 12.2. The molecule has 3 aromatic carbocycles. The summed E-state index contributed by atoms with van der Waals surface area (Å²) in [4.78, 5) is 22.6. The van der Waals surface area contributed by atoms with Crippen LogP contribution in [0.15, 0.2) is 66.7 Å². The van der Waals surface area contributed by atoms with Gasteiger partial charge in [0.15, 0.2) is 11.5 Å². The number of anilines is 1. The van der Waals surface area contributed by atoms with E-state index in [0.29, 0.717) is 28.5 Å². The second-order valence-corrected chi connectivity index (χ2v) is 7.09. The molecule has 0 bridgehead atoms. The fourth-order valence-corrected chi connectivity index (χ4v) is 3.17. The van der Waals surface area contributed by atoms with Gasteiger partial charge in [-0.3, -0.25) is 14.9 Å². The number of carbonyl (C=O) groups excluding carboxylic acids is 1. The summed E-state index contributed by atoms with van der Waals surface area (Å²) < 4.78 is 16.1. The van der Waals surface area contributed by atoms with Crippen LogP contribution in [0.1, 0.15) is 16.7 Å². The average molecular weight is 460 g/mol. The minimum atomic E-state index is -0.477. The van der Waals surface area contributed by atoms with Crippen LogP contribution in [0.4, 0.5) is 11.4 Å². The Morgan fingerprint density at radius 3 is 2.06 bits per heavy atom. The highest BCUT2D eigenvalue weighted by atomic mass is 16.6. The van der Waals surface area contributed by atoms with Crippen molar-refractivity contribution in [3.05, 3.63) is 93.5 Å². The predicted octanol–water partition coefficient (Wildman–Crippen LogP) is 5.44. The molecule has 0 atom stereocenters. The SMILES string of the molecule is COc1cc(/C=C/c2ccc(NC(=O)/C=C/c3cccc([N+](=O)[O-])c3)cc2)cc(OC)c1OC. The highest BCUT2D eigenvalue weighted by molar-refractivity contribution is 6.02. The second kappa shape index (κ2) is 11.3. The van der Waals surface area contributed by atoms with Gasteiger partial charge in [-0.2, -0.15) is 0 Å². The van der Waals surface area contributed by atoms with Gasteiger partial charge in [0.05, 0.1) is 26.3 Å². The quantitative estimate of drug-likeness (QED) is 0.197. The van der Waals surface area contributed by atoms with E-state index in [1.165, 1.54) is 24.3 Å². The molecule has 3 rings (SSSR count).